The molecule has 0 aliphatic heterocycles. The van der Waals surface area contributed by atoms with Gasteiger partial charge in [-0.15, -0.1) is 0 Å². The van der Waals surface area contributed by atoms with Gasteiger partial charge in [0.05, 0.1) is 5.56 Å². The minimum absolute atomic E-state index is 0.249. The Labute approximate surface area is 114 Å². The highest BCUT2D eigenvalue weighted by molar-refractivity contribution is 5.28. The molecular formula is C16H23F3. The fourth-order valence-electron chi connectivity index (χ4n) is 2.39. The first-order chi connectivity index (χ1) is 8.99. The van der Waals surface area contributed by atoms with Crippen molar-refractivity contribution in [3.8, 4) is 0 Å². The fourth-order valence-corrected chi connectivity index (χ4v) is 2.39. The Morgan fingerprint density at radius 2 is 1.79 bits per heavy atom. The van der Waals surface area contributed by atoms with Gasteiger partial charge in [-0.05, 0) is 30.4 Å². The van der Waals surface area contributed by atoms with Gasteiger partial charge in [-0.1, -0.05) is 57.7 Å². The van der Waals surface area contributed by atoms with Gasteiger partial charge in [0.1, 0.15) is 0 Å². The van der Waals surface area contributed by atoms with Crippen molar-refractivity contribution in [2.45, 2.75) is 64.5 Å². The maximum absolute atomic E-state index is 12.7. The van der Waals surface area contributed by atoms with E-state index in [1.807, 2.05) is 13.0 Å². The number of unbranched alkanes of at least 4 members (excludes halogenated alkanes) is 3. The molecule has 1 rings (SSSR count). The molecule has 108 valence electrons. The van der Waals surface area contributed by atoms with Gasteiger partial charge in [-0.25, -0.2) is 0 Å². The first-order valence-electron chi connectivity index (χ1n) is 7.16. The minimum Gasteiger partial charge on any atom is -0.166 e. The summed E-state index contributed by atoms with van der Waals surface area (Å²) < 4.78 is 38.1. The predicted molar refractivity (Wildman–Crippen MR) is 73.2 cm³/mol. The smallest absolute Gasteiger partial charge is 0.166 e. The van der Waals surface area contributed by atoms with E-state index >= 15 is 0 Å². The van der Waals surface area contributed by atoms with Crippen molar-refractivity contribution in [3.63, 3.8) is 0 Å². The Balaban J connectivity index is 2.70. The second kappa shape index (κ2) is 7.56. The molecule has 0 aliphatic carbocycles. The van der Waals surface area contributed by atoms with Gasteiger partial charge >= 0.3 is 6.18 Å². The fraction of sp³-hybridized carbons (Fsp3) is 0.625. The predicted octanol–water partition coefficient (Wildman–Crippen LogP) is 6.17. The van der Waals surface area contributed by atoms with Gasteiger partial charge in [-0.3, -0.25) is 0 Å². The highest BCUT2D eigenvalue weighted by atomic mass is 19.4. The van der Waals surface area contributed by atoms with E-state index in [2.05, 4.69) is 6.92 Å². The number of alkyl halides is 3. The summed E-state index contributed by atoms with van der Waals surface area (Å²) in [6, 6.07) is 5.80. The lowest BCUT2D eigenvalue weighted by Gasteiger charge is -2.17. The molecule has 0 bridgehead atoms. The molecule has 0 spiro atoms. The topological polar surface area (TPSA) is 0 Å². The monoisotopic (exact) mass is 272 g/mol. The molecule has 0 nitrogen and oxygen atoms in total. The van der Waals surface area contributed by atoms with Crippen LogP contribution >= 0.6 is 0 Å². The van der Waals surface area contributed by atoms with E-state index < -0.39 is 11.7 Å². The molecule has 0 amide bonds. The molecule has 1 aromatic carbocycles. The second-order valence-corrected chi connectivity index (χ2v) is 5.08. The third kappa shape index (κ3) is 5.25. The standard InChI is InChI=1S/C16H23F3/c1-3-5-6-7-9-13(4-2)14-10-8-11-15(12-14)16(17,18)19/h8,10-13H,3-7,9H2,1-2H3. The summed E-state index contributed by atoms with van der Waals surface area (Å²) in [5.74, 6) is 0.249. The van der Waals surface area contributed by atoms with Gasteiger partial charge in [0.2, 0.25) is 0 Å². The van der Waals surface area contributed by atoms with E-state index in [4.69, 9.17) is 0 Å². The van der Waals surface area contributed by atoms with Gasteiger partial charge in [0.15, 0.2) is 0 Å². The van der Waals surface area contributed by atoms with Crippen LogP contribution in [0.15, 0.2) is 24.3 Å². The molecule has 0 radical (unpaired) electrons. The summed E-state index contributed by atoms with van der Waals surface area (Å²) in [4.78, 5) is 0. The zero-order valence-corrected chi connectivity index (χ0v) is 11.8. The molecule has 0 heterocycles. The Hall–Kier alpha value is -0.990. The van der Waals surface area contributed by atoms with Crippen molar-refractivity contribution in [2.75, 3.05) is 0 Å². The highest BCUT2D eigenvalue weighted by Gasteiger charge is 2.30. The van der Waals surface area contributed by atoms with E-state index in [1.54, 1.807) is 0 Å². The van der Waals surface area contributed by atoms with Crippen LogP contribution in [0.5, 0.6) is 0 Å². The summed E-state index contributed by atoms with van der Waals surface area (Å²) in [6.45, 7) is 4.20. The van der Waals surface area contributed by atoms with Crippen LogP contribution in [0.1, 0.15) is 69.4 Å². The summed E-state index contributed by atoms with van der Waals surface area (Å²) in [6.07, 6.45) is 2.30. The van der Waals surface area contributed by atoms with Crippen LogP contribution < -0.4 is 0 Å². The molecule has 0 fully saturated rings. The molecule has 1 atom stereocenters. The van der Waals surface area contributed by atoms with Crippen LogP contribution in [0.3, 0.4) is 0 Å². The van der Waals surface area contributed by atoms with E-state index in [1.165, 1.54) is 31.4 Å². The largest absolute Gasteiger partial charge is 0.416 e. The highest BCUT2D eigenvalue weighted by Crippen LogP contribution is 2.33. The Bertz CT molecular complexity index is 369. The van der Waals surface area contributed by atoms with Crippen molar-refractivity contribution >= 4 is 0 Å². The summed E-state index contributed by atoms with van der Waals surface area (Å²) in [5, 5.41) is 0. The average Bonchev–Trinajstić information content (AvgIpc) is 2.38. The summed E-state index contributed by atoms with van der Waals surface area (Å²) >= 11 is 0. The van der Waals surface area contributed by atoms with Gasteiger partial charge in [0.25, 0.3) is 0 Å². The normalized spacial score (nSPS) is 13.5. The van der Waals surface area contributed by atoms with Crippen molar-refractivity contribution in [3.05, 3.63) is 35.4 Å². The van der Waals surface area contributed by atoms with Crippen molar-refractivity contribution in [1.29, 1.82) is 0 Å². The van der Waals surface area contributed by atoms with Crippen LogP contribution in [0, 0.1) is 0 Å². The molecule has 1 unspecified atom stereocenters. The first-order valence-corrected chi connectivity index (χ1v) is 7.16. The number of benzene rings is 1. The quantitative estimate of drug-likeness (QED) is 0.521. The lowest BCUT2D eigenvalue weighted by molar-refractivity contribution is -0.137. The SMILES string of the molecule is CCCCCCC(CC)c1cccc(C(F)(F)F)c1. The van der Waals surface area contributed by atoms with Crippen molar-refractivity contribution in [2.24, 2.45) is 0 Å². The maximum Gasteiger partial charge on any atom is 0.416 e. The number of hydrogen-bond acceptors (Lipinski definition) is 0. The van der Waals surface area contributed by atoms with Gasteiger partial charge < -0.3 is 0 Å². The molecule has 0 N–H and O–H groups in total. The Morgan fingerprint density at radius 3 is 2.37 bits per heavy atom. The van der Waals surface area contributed by atoms with Crippen LogP contribution in [0.25, 0.3) is 0 Å². The zero-order valence-electron chi connectivity index (χ0n) is 11.8. The minimum atomic E-state index is -4.24. The van der Waals surface area contributed by atoms with E-state index in [0.29, 0.717) is 0 Å². The van der Waals surface area contributed by atoms with Crippen LogP contribution in [-0.4, -0.2) is 0 Å². The molecule has 0 saturated heterocycles. The third-order valence-electron chi connectivity index (χ3n) is 3.58. The lowest BCUT2D eigenvalue weighted by atomic mass is 9.90. The van der Waals surface area contributed by atoms with Crippen molar-refractivity contribution in [1.82, 2.24) is 0 Å². The number of rotatable bonds is 7. The molecule has 3 heteroatoms. The van der Waals surface area contributed by atoms with E-state index in [0.717, 1.165) is 30.9 Å². The van der Waals surface area contributed by atoms with E-state index in [9.17, 15) is 13.2 Å². The molecule has 0 saturated carbocycles. The number of hydrogen-bond donors (Lipinski definition) is 0. The van der Waals surface area contributed by atoms with Gasteiger partial charge in [-0.2, -0.15) is 13.2 Å². The van der Waals surface area contributed by atoms with Crippen LogP contribution in [0.2, 0.25) is 0 Å². The third-order valence-corrected chi connectivity index (χ3v) is 3.58. The first kappa shape index (κ1) is 16.1. The van der Waals surface area contributed by atoms with Gasteiger partial charge in [0, 0.05) is 0 Å². The Kier molecular flexibility index (Phi) is 6.40. The zero-order chi connectivity index (χ0) is 14.3. The van der Waals surface area contributed by atoms with E-state index in [-0.39, 0.29) is 5.92 Å². The average molecular weight is 272 g/mol. The molecule has 1 aromatic rings. The lowest BCUT2D eigenvalue weighted by Crippen LogP contribution is -2.06. The summed E-state index contributed by atoms with van der Waals surface area (Å²) in [7, 11) is 0. The second-order valence-electron chi connectivity index (χ2n) is 5.08. The van der Waals surface area contributed by atoms with Crippen LogP contribution in [0.4, 0.5) is 13.2 Å². The Morgan fingerprint density at radius 1 is 1.05 bits per heavy atom. The maximum atomic E-state index is 12.7. The number of halogens is 3. The summed E-state index contributed by atoms with van der Waals surface area (Å²) in [5.41, 5.74) is 0.297. The molecule has 19 heavy (non-hydrogen) atoms. The van der Waals surface area contributed by atoms with Crippen molar-refractivity contribution < 1.29 is 13.2 Å². The molecule has 0 aromatic heterocycles. The van der Waals surface area contributed by atoms with Crippen LogP contribution in [-0.2, 0) is 6.18 Å². The molecular weight excluding hydrogens is 249 g/mol. The molecule has 0 aliphatic rings.